The van der Waals surface area contributed by atoms with Gasteiger partial charge in [-0.25, -0.2) is 0 Å². The highest BCUT2D eigenvalue weighted by Crippen LogP contribution is 2.16. The summed E-state index contributed by atoms with van der Waals surface area (Å²) >= 11 is 0. The van der Waals surface area contributed by atoms with E-state index in [9.17, 15) is 0 Å². The van der Waals surface area contributed by atoms with Crippen molar-refractivity contribution in [2.24, 2.45) is 0 Å². The number of unbranched alkanes of at least 4 members (excludes halogenated alkanes) is 5. The van der Waals surface area contributed by atoms with Gasteiger partial charge in [0.1, 0.15) is 0 Å². The summed E-state index contributed by atoms with van der Waals surface area (Å²) in [5, 5.41) is 22.7. The van der Waals surface area contributed by atoms with E-state index in [1.807, 2.05) is 0 Å². The quantitative estimate of drug-likeness (QED) is 0.378. The summed E-state index contributed by atoms with van der Waals surface area (Å²) < 4.78 is 0. The number of guanidine groups is 2. The Morgan fingerprint density at radius 2 is 1.65 bits per heavy atom. The van der Waals surface area contributed by atoms with Gasteiger partial charge in [-0.05, 0) is 32.1 Å². The summed E-state index contributed by atoms with van der Waals surface area (Å²) in [6.07, 6.45) is 12.2. The first kappa shape index (κ1) is 20.8. The summed E-state index contributed by atoms with van der Waals surface area (Å²) in [6.45, 7) is 8.39. The first-order chi connectivity index (χ1) is 12.7. The van der Waals surface area contributed by atoms with E-state index < -0.39 is 0 Å². The van der Waals surface area contributed by atoms with Crippen molar-refractivity contribution in [3.05, 3.63) is 0 Å². The molecule has 2 aliphatic heterocycles. The van der Waals surface area contributed by atoms with Crippen LogP contribution in [0.1, 0.15) is 78.1 Å². The Balaban J connectivity index is 1.61. The van der Waals surface area contributed by atoms with Gasteiger partial charge in [0, 0.05) is 38.3 Å². The molecule has 0 amide bonds. The predicted molar refractivity (Wildman–Crippen MR) is 110 cm³/mol. The zero-order valence-corrected chi connectivity index (χ0v) is 16.9. The van der Waals surface area contributed by atoms with E-state index in [0.29, 0.717) is 24.0 Å². The third-order valence-corrected chi connectivity index (χ3v) is 5.69. The first-order valence-electron chi connectivity index (χ1n) is 10.8. The lowest BCUT2D eigenvalue weighted by Crippen LogP contribution is -2.35. The van der Waals surface area contributed by atoms with E-state index in [0.717, 1.165) is 45.4 Å². The molecular formula is C20H40N6. The molecular weight excluding hydrogens is 324 g/mol. The Hall–Kier alpha value is -1.46. The van der Waals surface area contributed by atoms with Gasteiger partial charge < -0.3 is 20.4 Å². The molecule has 2 atom stereocenters. The molecule has 0 saturated carbocycles. The highest BCUT2D eigenvalue weighted by molar-refractivity contribution is 5.79. The van der Waals surface area contributed by atoms with Crippen molar-refractivity contribution in [2.45, 2.75) is 90.1 Å². The minimum Gasteiger partial charge on any atom is -0.354 e. The maximum absolute atomic E-state index is 8.13. The van der Waals surface area contributed by atoms with Crippen LogP contribution in [-0.2, 0) is 0 Å². The van der Waals surface area contributed by atoms with Crippen molar-refractivity contribution in [3.63, 3.8) is 0 Å². The molecule has 150 valence electrons. The number of hydrogen-bond donors (Lipinski definition) is 4. The molecule has 0 aromatic rings. The lowest BCUT2D eigenvalue weighted by Gasteiger charge is -2.25. The second-order valence-electron chi connectivity index (χ2n) is 7.91. The second kappa shape index (κ2) is 11.3. The average Bonchev–Trinajstić information content (AvgIpc) is 3.15. The van der Waals surface area contributed by atoms with Gasteiger partial charge >= 0.3 is 0 Å². The maximum Gasteiger partial charge on any atom is 0.191 e. The highest BCUT2D eigenvalue weighted by Gasteiger charge is 2.28. The van der Waals surface area contributed by atoms with Crippen molar-refractivity contribution >= 4 is 11.9 Å². The first-order valence-corrected chi connectivity index (χ1v) is 10.8. The molecule has 0 spiro atoms. The zero-order valence-electron chi connectivity index (χ0n) is 16.9. The summed E-state index contributed by atoms with van der Waals surface area (Å²) in [4.78, 5) is 4.48. The third-order valence-electron chi connectivity index (χ3n) is 5.69. The van der Waals surface area contributed by atoms with Gasteiger partial charge in [-0.1, -0.05) is 46.0 Å². The van der Waals surface area contributed by atoms with Crippen LogP contribution in [0.2, 0.25) is 0 Å². The second-order valence-corrected chi connectivity index (χ2v) is 7.91. The fourth-order valence-corrected chi connectivity index (χ4v) is 4.13. The molecule has 2 aliphatic rings. The number of nitrogens with zero attached hydrogens (tertiary/aromatic N) is 2. The Morgan fingerprint density at radius 1 is 0.885 bits per heavy atom. The van der Waals surface area contributed by atoms with Gasteiger partial charge in [0.25, 0.3) is 0 Å². The Bertz CT molecular complexity index is 438. The highest BCUT2D eigenvalue weighted by atomic mass is 15.4. The third kappa shape index (κ3) is 6.36. The summed E-state index contributed by atoms with van der Waals surface area (Å²) in [5.74, 6) is 1.24. The van der Waals surface area contributed by atoms with E-state index in [-0.39, 0.29) is 0 Å². The van der Waals surface area contributed by atoms with Crippen LogP contribution in [0, 0.1) is 10.8 Å². The van der Waals surface area contributed by atoms with Gasteiger partial charge in [-0.3, -0.25) is 10.8 Å². The van der Waals surface area contributed by atoms with E-state index in [1.54, 1.807) is 0 Å². The summed E-state index contributed by atoms with van der Waals surface area (Å²) in [7, 11) is 0. The van der Waals surface area contributed by atoms with E-state index in [4.69, 9.17) is 10.8 Å². The number of hydrogen-bond acceptors (Lipinski definition) is 2. The molecule has 0 aliphatic carbocycles. The van der Waals surface area contributed by atoms with Crippen LogP contribution in [0.25, 0.3) is 0 Å². The lowest BCUT2D eigenvalue weighted by molar-refractivity contribution is 0.309. The summed E-state index contributed by atoms with van der Waals surface area (Å²) in [5.41, 5.74) is 0. The number of nitrogens with one attached hydrogen (secondary N) is 4. The van der Waals surface area contributed by atoms with Crippen LogP contribution in [0.15, 0.2) is 0 Å². The van der Waals surface area contributed by atoms with Gasteiger partial charge in [-0.2, -0.15) is 0 Å². The fourth-order valence-electron chi connectivity index (χ4n) is 4.13. The van der Waals surface area contributed by atoms with Crippen molar-refractivity contribution in [2.75, 3.05) is 26.2 Å². The van der Waals surface area contributed by atoms with Crippen LogP contribution in [0.5, 0.6) is 0 Å². The molecule has 0 aromatic carbocycles. The largest absolute Gasteiger partial charge is 0.354 e. The molecule has 0 bridgehead atoms. The van der Waals surface area contributed by atoms with Crippen LogP contribution >= 0.6 is 0 Å². The fraction of sp³-hybridized carbons (Fsp3) is 0.900. The molecule has 0 unspecified atom stereocenters. The molecule has 6 heteroatoms. The normalized spacial score (nSPS) is 22.8. The zero-order chi connectivity index (χ0) is 18.8. The SMILES string of the molecule is CCCCCCCN1C(=N)NC[C@@H]1CCCCN1C[C@@H](CCC)NC1=N. The molecule has 4 N–H and O–H groups in total. The molecule has 0 aromatic heterocycles. The van der Waals surface area contributed by atoms with Crippen LogP contribution < -0.4 is 10.6 Å². The lowest BCUT2D eigenvalue weighted by atomic mass is 10.1. The Morgan fingerprint density at radius 3 is 2.42 bits per heavy atom. The molecule has 2 fully saturated rings. The molecule has 26 heavy (non-hydrogen) atoms. The minimum atomic E-state index is 0.468. The Kier molecular flexibility index (Phi) is 9.06. The van der Waals surface area contributed by atoms with Gasteiger partial charge in [0.15, 0.2) is 11.9 Å². The molecule has 2 heterocycles. The molecule has 2 saturated heterocycles. The van der Waals surface area contributed by atoms with Gasteiger partial charge in [-0.15, -0.1) is 0 Å². The maximum atomic E-state index is 8.13. The van der Waals surface area contributed by atoms with Crippen molar-refractivity contribution < 1.29 is 0 Å². The van der Waals surface area contributed by atoms with Crippen molar-refractivity contribution in [1.29, 1.82) is 10.8 Å². The molecule has 6 nitrogen and oxygen atoms in total. The predicted octanol–water partition coefficient (Wildman–Crippen LogP) is 3.34. The van der Waals surface area contributed by atoms with Crippen LogP contribution in [-0.4, -0.2) is 60.0 Å². The molecule has 0 radical (unpaired) electrons. The minimum absolute atomic E-state index is 0.468. The topological polar surface area (TPSA) is 78.2 Å². The smallest absolute Gasteiger partial charge is 0.191 e. The average molecular weight is 365 g/mol. The van der Waals surface area contributed by atoms with Gasteiger partial charge in [0.2, 0.25) is 0 Å². The van der Waals surface area contributed by atoms with E-state index >= 15 is 0 Å². The molecule has 2 rings (SSSR count). The standard InChI is InChI=1S/C20H40N6/c1-3-5-6-7-9-14-26-18(15-23-19(26)21)12-8-10-13-25-16-17(11-4-2)24-20(25)22/h17-18H,3-16H2,1-2H3,(H2,21,23)(H2,22,24)/t17-,18+/m1/s1. The Labute approximate surface area is 160 Å². The van der Waals surface area contributed by atoms with Crippen LogP contribution in [0.3, 0.4) is 0 Å². The number of rotatable bonds is 13. The van der Waals surface area contributed by atoms with E-state index in [1.165, 1.54) is 44.9 Å². The van der Waals surface area contributed by atoms with E-state index in [2.05, 4.69) is 34.3 Å². The monoisotopic (exact) mass is 364 g/mol. The van der Waals surface area contributed by atoms with Crippen LogP contribution in [0.4, 0.5) is 0 Å². The van der Waals surface area contributed by atoms with Gasteiger partial charge in [0.05, 0.1) is 0 Å². The van der Waals surface area contributed by atoms with Crippen molar-refractivity contribution in [3.8, 4) is 0 Å². The van der Waals surface area contributed by atoms with Crippen molar-refractivity contribution in [1.82, 2.24) is 20.4 Å². The summed E-state index contributed by atoms with van der Waals surface area (Å²) in [6, 6.07) is 0.952.